The summed E-state index contributed by atoms with van der Waals surface area (Å²) in [6.07, 6.45) is 5.36. The van der Waals surface area contributed by atoms with Crippen molar-refractivity contribution in [3.8, 4) is 0 Å². The van der Waals surface area contributed by atoms with Crippen molar-refractivity contribution in [3.05, 3.63) is 29.3 Å². The highest BCUT2D eigenvalue weighted by Gasteiger charge is 2.20. The van der Waals surface area contributed by atoms with Crippen molar-refractivity contribution in [1.29, 1.82) is 0 Å². The van der Waals surface area contributed by atoms with E-state index in [0.717, 1.165) is 25.7 Å². The average Bonchev–Trinajstić information content (AvgIpc) is 2.42. The monoisotopic (exact) mass is 280 g/mol. The lowest BCUT2D eigenvalue weighted by atomic mass is 9.95. The van der Waals surface area contributed by atoms with E-state index < -0.39 is 11.8 Å². The number of halogens is 1. The van der Waals surface area contributed by atoms with E-state index in [0.29, 0.717) is 10.7 Å². The van der Waals surface area contributed by atoms with Gasteiger partial charge in [0, 0.05) is 16.8 Å². The molecule has 1 aliphatic carbocycles. The molecule has 0 radical (unpaired) electrons. The van der Waals surface area contributed by atoms with E-state index in [9.17, 15) is 9.59 Å². The first kappa shape index (κ1) is 13.9. The van der Waals surface area contributed by atoms with E-state index in [2.05, 4.69) is 10.6 Å². The quantitative estimate of drug-likeness (QED) is 0.819. The standard InChI is InChI=1S/C14H17ClN2O2/c15-10-6-8-12(9-7-10)17-14(19)13(18)16-11-4-2-1-3-5-11/h6-9,11H,1-5H2,(H,16,18)(H,17,19). The van der Waals surface area contributed by atoms with Crippen molar-refractivity contribution < 1.29 is 9.59 Å². The van der Waals surface area contributed by atoms with Crippen molar-refractivity contribution >= 4 is 29.1 Å². The smallest absolute Gasteiger partial charge is 0.313 e. The Hall–Kier alpha value is -1.55. The maximum Gasteiger partial charge on any atom is 0.313 e. The van der Waals surface area contributed by atoms with Gasteiger partial charge in [0.05, 0.1) is 0 Å². The zero-order valence-electron chi connectivity index (χ0n) is 10.6. The van der Waals surface area contributed by atoms with Crippen molar-refractivity contribution in [2.24, 2.45) is 0 Å². The van der Waals surface area contributed by atoms with Crippen LogP contribution in [0.4, 0.5) is 5.69 Å². The third-order valence-corrected chi connectivity index (χ3v) is 3.50. The van der Waals surface area contributed by atoms with Crippen LogP contribution >= 0.6 is 11.6 Å². The molecule has 102 valence electrons. The number of hydrogen-bond donors (Lipinski definition) is 2. The number of hydrogen-bond acceptors (Lipinski definition) is 2. The number of carbonyl (C=O) groups is 2. The molecule has 0 aromatic heterocycles. The molecule has 1 aliphatic rings. The molecule has 2 rings (SSSR count). The van der Waals surface area contributed by atoms with Gasteiger partial charge in [-0.15, -0.1) is 0 Å². The van der Waals surface area contributed by atoms with Crippen LogP contribution in [0.2, 0.25) is 5.02 Å². The molecule has 0 unspecified atom stereocenters. The average molecular weight is 281 g/mol. The highest BCUT2D eigenvalue weighted by atomic mass is 35.5. The van der Waals surface area contributed by atoms with Gasteiger partial charge >= 0.3 is 11.8 Å². The summed E-state index contributed by atoms with van der Waals surface area (Å²) in [7, 11) is 0. The predicted molar refractivity (Wildman–Crippen MR) is 75.1 cm³/mol. The molecule has 1 saturated carbocycles. The fourth-order valence-electron chi connectivity index (χ4n) is 2.22. The maximum absolute atomic E-state index is 11.7. The number of anilines is 1. The first-order valence-corrected chi connectivity index (χ1v) is 6.90. The van der Waals surface area contributed by atoms with Crippen molar-refractivity contribution in [2.75, 3.05) is 5.32 Å². The molecular weight excluding hydrogens is 264 g/mol. The lowest BCUT2D eigenvalue weighted by molar-refractivity contribution is -0.136. The molecule has 2 N–H and O–H groups in total. The van der Waals surface area contributed by atoms with Crippen molar-refractivity contribution in [2.45, 2.75) is 38.1 Å². The van der Waals surface area contributed by atoms with Crippen LogP contribution in [0.5, 0.6) is 0 Å². The molecule has 0 heterocycles. The van der Waals surface area contributed by atoms with E-state index in [1.165, 1.54) is 6.42 Å². The summed E-state index contributed by atoms with van der Waals surface area (Å²) in [5, 5.41) is 5.91. The van der Waals surface area contributed by atoms with Crippen molar-refractivity contribution in [3.63, 3.8) is 0 Å². The zero-order valence-corrected chi connectivity index (χ0v) is 11.4. The Morgan fingerprint density at radius 2 is 1.63 bits per heavy atom. The van der Waals surface area contributed by atoms with E-state index >= 15 is 0 Å². The molecular formula is C14H17ClN2O2. The molecule has 1 aromatic carbocycles. The van der Waals surface area contributed by atoms with Gasteiger partial charge in [-0.1, -0.05) is 30.9 Å². The van der Waals surface area contributed by atoms with Crippen LogP contribution in [0.3, 0.4) is 0 Å². The van der Waals surface area contributed by atoms with Crippen LogP contribution < -0.4 is 10.6 Å². The topological polar surface area (TPSA) is 58.2 Å². The third kappa shape index (κ3) is 4.24. The van der Waals surface area contributed by atoms with Crippen molar-refractivity contribution in [1.82, 2.24) is 5.32 Å². The second kappa shape index (κ2) is 6.57. The highest BCUT2D eigenvalue weighted by Crippen LogP contribution is 2.17. The normalized spacial score (nSPS) is 15.8. The zero-order chi connectivity index (χ0) is 13.7. The van der Waals surface area contributed by atoms with Crippen LogP contribution in [0.25, 0.3) is 0 Å². The molecule has 1 fully saturated rings. The minimum absolute atomic E-state index is 0.136. The molecule has 0 aliphatic heterocycles. The first-order valence-electron chi connectivity index (χ1n) is 6.52. The lowest BCUT2D eigenvalue weighted by Crippen LogP contribution is -2.42. The fourth-order valence-corrected chi connectivity index (χ4v) is 2.34. The summed E-state index contributed by atoms with van der Waals surface area (Å²) in [5.41, 5.74) is 0.563. The Balaban J connectivity index is 1.84. The van der Waals surface area contributed by atoms with Crippen LogP contribution in [0, 0.1) is 0 Å². The minimum atomic E-state index is -0.632. The number of amides is 2. The highest BCUT2D eigenvalue weighted by molar-refractivity contribution is 6.39. The lowest BCUT2D eigenvalue weighted by Gasteiger charge is -2.22. The summed E-state index contributed by atoms with van der Waals surface area (Å²) >= 11 is 5.75. The van der Waals surface area contributed by atoms with Gasteiger partial charge in [0.2, 0.25) is 0 Å². The Kier molecular flexibility index (Phi) is 4.80. The minimum Gasteiger partial charge on any atom is -0.345 e. The van der Waals surface area contributed by atoms with E-state index in [4.69, 9.17) is 11.6 Å². The fraction of sp³-hybridized carbons (Fsp3) is 0.429. The van der Waals surface area contributed by atoms with Crippen LogP contribution in [0.1, 0.15) is 32.1 Å². The molecule has 0 atom stereocenters. The van der Waals surface area contributed by atoms with Gasteiger partial charge in [-0.3, -0.25) is 9.59 Å². The van der Waals surface area contributed by atoms with Gasteiger partial charge in [-0.05, 0) is 37.1 Å². The van der Waals surface area contributed by atoms with Gasteiger partial charge in [0.25, 0.3) is 0 Å². The Labute approximate surface area is 117 Å². The number of carbonyl (C=O) groups excluding carboxylic acids is 2. The van der Waals surface area contributed by atoms with Gasteiger partial charge in [-0.2, -0.15) is 0 Å². The van der Waals surface area contributed by atoms with E-state index in [-0.39, 0.29) is 6.04 Å². The SMILES string of the molecule is O=C(Nc1ccc(Cl)cc1)C(=O)NC1CCCCC1. The second-order valence-corrected chi connectivity index (χ2v) is 5.21. The molecule has 2 amide bonds. The molecule has 5 heteroatoms. The number of benzene rings is 1. The summed E-state index contributed by atoms with van der Waals surface area (Å²) in [6, 6.07) is 6.78. The van der Waals surface area contributed by atoms with Crippen LogP contribution in [-0.4, -0.2) is 17.9 Å². The number of nitrogens with one attached hydrogen (secondary N) is 2. The van der Waals surface area contributed by atoms with Gasteiger partial charge < -0.3 is 10.6 Å². The molecule has 0 saturated heterocycles. The Morgan fingerprint density at radius 1 is 1.00 bits per heavy atom. The largest absolute Gasteiger partial charge is 0.345 e. The maximum atomic E-state index is 11.7. The Morgan fingerprint density at radius 3 is 2.26 bits per heavy atom. The van der Waals surface area contributed by atoms with E-state index in [1.54, 1.807) is 24.3 Å². The number of rotatable bonds is 2. The second-order valence-electron chi connectivity index (χ2n) is 4.77. The third-order valence-electron chi connectivity index (χ3n) is 3.25. The molecule has 0 spiro atoms. The van der Waals surface area contributed by atoms with Crippen LogP contribution in [-0.2, 0) is 9.59 Å². The molecule has 1 aromatic rings. The molecule has 4 nitrogen and oxygen atoms in total. The van der Waals surface area contributed by atoms with Crippen LogP contribution in [0.15, 0.2) is 24.3 Å². The summed E-state index contributed by atoms with van der Waals surface area (Å²) in [4.78, 5) is 23.4. The van der Waals surface area contributed by atoms with Gasteiger partial charge in [0.15, 0.2) is 0 Å². The predicted octanol–water partition coefficient (Wildman–Crippen LogP) is 2.73. The summed E-state index contributed by atoms with van der Waals surface area (Å²) in [5.74, 6) is -1.20. The summed E-state index contributed by atoms with van der Waals surface area (Å²) in [6.45, 7) is 0. The molecule has 19 heavy (non-hydrogen) atoms. The Bertz CT molecular complexity index is 453. The van der Waals surface area contributed by atoms with E-state index in [1.807, 2.05) is 0 Å². The first-order chi connectivity index (χ1) is 9.15. The summed E-state index contributed by atoms with van der Waals surface area (Å²) < 4.78 is 0. The molecule has 0 bridgehead atoms. The van der Waals surface area contributed by atoms with Gasteiger partial charge in [-0.25, -0.2) is 0 Å². The van der Waals surface area contributed by atoms with Gasteiger partial charge in [0.1, 0.15) is 0 Å².